The molecular formula is C27H29BrN2O4. The average Bonchev–Trinajstić information content (AvgIpc) is 2.86. The van der Waals surface area contributed by atoms with E-state index in [2.05, 4.69) is 21.2 Å². The minimum atomic E-state index is -0.308. The molecule has 34 heavy (non-hydrogen) atoms. The number of nitrogens with one attached hydrogen (secondary N) is 1. The van der Waals surface area contributed by atoms with Gasteiger partial charge in [0.15, 0.2) is 11.5 Å². The number of phenols is 1. The van der Waals surface area contributed by atoms with Crippen LogP contribution >= 0.6 is 15.9 Å². The van der Waals surface area contributed by atoms with Crippen LogP contribution < -0.4 is 19.5 Å². The maximum absolute atomic E-state index is 10.9. The van der Waals surface area contributed by atoms with Crippen molar-refractivity contribution in [3.05, 3.63) is 81.8 Å². The van der Waals surface area contributed by atoms with Crippen molar-refractivity contribution in [2.24, 2.45) is 4.99 Å². The highest BCUT2D eigenvalue weighted by atomic mass is 79.9. The number of para-hydroxylation sites is 1. The molecule has 178 valence electrons. The van der Waals surface area contributed by atoms with Crippen LogP contribution in [0.2, 0.25) is 0 Å². The fraction of sp³-hybridized carbons (Fsp3) is 0.296. The number of rotatable bonds is 8. The fourth-order valence-electron chi connectivity index (χ4n) is 4.11. The quantitative estimate of drug-likeness (QED) is 0.367. The molecule has 0 radical (unpaired) electrons. The monoisotopic (exact) mass is 524 g/mol. The zero-order chi connectivity index (χ0) is 24.1. The molecule has 3 aromatic rings. The van der Waals surface area contributed by atoms with E-state index in [1.807, 2.05) is 68.4 Å². The summed E-state index contributed by atoms with van der Waals surface area (Å²) in [4.78, 5) is 5.05. The first-order valence-corrected chi connectivity index (χ1v) is 12.2. The maximum Gasteiger partial charge on any atom is 0.162 e. The summed E-state index contributed by atoms with van der Waals surface area (Å²) >= 11 is 3.58. The molecule has 1 heterocycles. The van der Waals surface area contributed by atoms with Gasteiger partial charge in [0.1, 0.15) is 17.7 Å². The summed E-state index contributed by atoms with van der Waals surface area (Å²) in [6, 6.07) is 19.4. The van der Waals surface area contributed by atoms with Crippen LogP contribution in [0.15, 0.2) is 70.1 Å². The first-order valence-electron chi connectivity index (χ1n) is 11.4. The van der Waals surface area contributed by atoms with Crippen molar-refractivity contribution in [3.8, 4) is 23.0 Å². The predicted molar refractivity (Wildman–Crippen MR) is 137 cm³/mol. The molecule has 0 saturated carbocycles. The van der Waals surface area contributed by atoms with Crippen LogP contribution in [-0.2, 0) is 0 Å². The van der Waals surface area contributed by atoms with E-state index >= 15 is 0 Å². The number of phenolic OH excluding ortho intramolecular Hbond substituents is 1. The Hall–Kier alpha value is -3.03. The van der Waals surface area contributed by atoms with Crippen LogP contribution in [0.1, 0.15) is 49.2 Å². The van der Waals surface area contributed by atoms with E-state index < -0.39 is 0 Å². The lowest BCUT2D eigenvalue weighted by Gasteiger charge is -2.31. The second-order valence-electron chi connectivity index (χ2n) is 7.88. The normalized spacial score (nSPS) is 17.7. The molecule has 2 atom stereocenters. The molecule has 0 aliphatic carbocycles. The molecule has 0 unspecified atom stereocenters. The molecule has 0 amide bonds. The number of hydrogen-bond donors (Lipinski definition) is 2. The second-order valence-corrected chi connectivity index (χ2v) is 8.73. The second kappa shape index (κ2) is 10.9. The summed E-state index contributed by atoms with van der Waals surface area (Å²) in [5.74, 6) is 2.23. The number of nitrogens with zero attached hydrogens (tertiary/aromatic N) is 1. The van der Waals surface area contributed by atoms with E-state index in [1.54, 1.807) is 13.2 Å². The Balaban J connectivity index is 1.74. The molecule has 2 N–H and O–H groups in total. The number of methoxy groups -OCH3 is 1. The topological polar surface area (TPSA) is 72.3 Å². The van der Waals surface area contributed by atoms with Gasteiger partial charge in [-0.2, -0.15) is 0 Å². The summed E-state index contributed by atoms with van der Waals surface area (Å²) in [5.41, 5.74) is 3.74. The number of benzene rings is 3. The summed E-state index contributed by atoms with van der Waals surface area (Å²) in [5, 5.41) is 14.6. The van der Waals surface area contributed by atoms with Gasteiger partial charge < -0.3 is 19.3 Å². The Morgan fingerprint density at radius 1 is 1.00 bits per heavy atom. The van der Waals surface area contributed by atoms with Crippen molar-refractivity contribution in [1.82, 2.24) is 5.32 Å². The minimum Gasteiger partial charge on any atom is -0.504 e. The van der Waals surface area contributed by atoms with Gasteiger partial charge in [0.2, 0.25) is 0 Å². The third-order valence-corrected chi connectivity index (χ3v) is 6.36. The van der Waals surface area contributed by atoms with E-state index in [1.165, 1.54) is 0 Å². The smallest absolute Gasteiger partial charge is 0.162 e. The standard InChI is InChI=1S/C27H29BrN2O4/c1-4-33-19-12-9-17(10-13-19)22-16-23(20-7-6-8-25(26(20)31)34-5-2)30-27(29-22)18-11-14-24(32-3)21(28)15-18/h6-15,23,27,30-31H,4-5,16H2,1-3H3/t23-,27-/m1/s1. The highest BCUT2D eigenvalue weighted by Crippen LogP contribution is 2.39. The zero-order valence-electron chi connectivity index (χ0n) is 19.5. The highest BCUT2D eigenvalue weighted by molar-refractivity contribution is 9.10. The van der Waals surface area contributed by atoms with Crippen LogP contribution in [0.25, 0.3) is 0 Å². The molecule has 3 aromatic carbocycles. The van der Waals surface area contributed by atoms with Crippen molar-refractivity contribution < 1.29 is 19.3 Å². The van der Waals surface area contributed by atoms with Gasteiger partial charge in [-0.3, -0.25) is 10.3 Å². The molecule has 0 spiro atoms. The van der Waals surface area contributed by atoms with Crippen LogP contribution in [0, 0.1) is 0 Å². The fourth-order valence-corrected chi connectivity index (χ4v) is 4.67. The van der Waals surface area contributed by atoms with Crippen LogP contribution in [0.4, 0.5) is 0 Å². The van der Waals surface area contributed by atoms with E-state index in [-0.39, 0.29) is 18.0 Å². The van der Waals surface area contributed by atoms with Crippen molar-refractivity contribution >= 4 is 21.6 Å². The van der Waals surface area contributed by atoms with E-state index in [0.29, 0.717) is 25.4 Å². The summed E-state index contributed by atoms with van der Waals surface area (Å²) in [6.45, 7) is 4.97. The first-order chi connectivity index (χ1) is 16.5. The lowest BCUT2D eigenvalue weighted by atomic mass is 9.93. The third-order valence-electron chi connectivity index (χ3n) is 5.74. The van der Waals surface area contributed by atoms with Crippen molar-refractivity contribution in [1.29, 1.82) is 0 Å². The average molecular weight is 525 g/mol. The molecule has 0 bridgehead atoms. The van der Waals surface area contributed by atoms with Gasteiger partial charge in [-0.25, -0.2) is 0 Å². The molecular weight excluding hydrogens is 496 g/mol. The lowest BCUT2D eigenvalue weighted by Crippen LogP contribution is -2.33. The number of ether oxygens (including phenoxy) is 3. The highest BCUT2D eigenvalue weighted by Gasteiger charge is 2.29. The number of halogens is 1. The predicted octanol–water partition coefficient (Wildman–Crippen LogP) is 6.18. The van der Waals surface area contributed by atoms with E-state index in [4.69, 9.17) is 19.2 Å². The van der Waals surface area contributed by atoms with Crippen LogP contribution in [0.3, 0.4) is 0 Å². The minimum absolute atomic E-state index is 0.157. The first kappa shape index (κ1) is 24.1. The number of aromatic hydroxyl groups is 1. The zero-order valence-corrected chi connectivity index (χ0v) is 21.1. The molecule has 1 aliphatic heterocycles. The maximum atomic E-state index is 10.9. The summed E-state index contributed by atoms with van der Waals surface area (Å²) < 4.78 is 17.5. The summed E-state index contributed by atoms with van der Waals surface area (Å²) in [7, 11) is 1.64. The van der Waals surface area contributed by atoms with E-state index in [9.17, 15) is 5.11 Å². The van der Waals surface area contributed by atoms with Crippen molar-refractivity contribution in [3.63, 3.8) is 0 Å². The van der Waals surface area contributed by atoms with Gasteiger partial charge in [0, 0.05) is 23.7 Å². The van der Waals surface area contributed by atoms with Gasteiger partial charge in [0.05, 0.1) is 24.8 Å². The SMILES string of the molecule is CCOc1ccc(C2=N[C@@H](c3ccc(OC)c(Br)c3)N[C@@H](c3cccc(OCC)c3O)C2)cc1. The molecule has 4 rings (SSSR count). The largest absolute Gasteiger partial charge is 0.504 e. The van der Waals surface area contributed by atoms with Crippen LogP contribution in [0.5, 0.6) is 23.0 Å². The van der Waals surface area contributed by atoms with Crippen LogP contribution in [-0.4, -0.2) is 31.1 Å². The number of hydrogen-bond acceptors (Lipinski definition) is 6. The third kappa shape index (κ3) is 5.21. The Bertz CT molecular complexity index is 1160. The Labute approximate surface area is 208 Å². The molecule has 1 aliphatic rings. The van der Waals surface area contributed by atoms with Gasteiger partial charge in [-0.15, -0.1) is 0 Å². The number of aliphatic imine (C=N–C) groups is 1. The van der Waals surface area contributed by atoms with Gasteiger partial charge in [-0.05, 0) is 83.4 Å². The summed E-state index contributed by atoms with van der Waals surface area (Å²) in [6.07, 6.45) is 0.308. The van der Waals surface area contributed by atoms with Crippen molar-refractivity contribution in [2.45, 2.75) is 32.5 Å². The molecule has 0 fully saturated rings. The Kier molecular flexibility index (Phi) is 7.75. The molecule has 0 aromatic heterocycles. The van der Waals surface area contributed by atoms with E-state index in [0.717, 1.165) is 38.4 Å². The van der Waals surface area contributed by atoms with Gasteiger partial charge >= 0.3 is 0 Å². The van der Waals surface area contributed by atoms with Crippen molar-refractivity contribution in [2.75, 3.05) is 20.3 Å². The molecule has 0 saturated heterocycles. The Morgan fingerprint density at radius 3 is 2.44 bits per heavy atom. The van der Waals surface area contributed by atoms with Gasteiger partial charge in [-0.1, -0.05) is 18.2 Å². The lowest BCUT2D eigenvalue weighted by molar-refractivity contribution is 0.313. The van der Waals surface area contributed by atoms with Gasteiger partial charge in [0.25, 0.3) is 0 Å². The Morgan fingerprint density at radius 2 is 1.76 bits per heavy atom. The molecule has 6 nitrogen and oxygen atoms in total. The molecule has 7 heteroatoms.